The third-order valence-corrected chi connectivity index (χ3v) is 3.91. The predicted molar refractivity (Wildman–Crippen MR) is 69.0 cm³/mol. The van der Waals surface area contributed by atoms with Crippen LogP contribution < -0.4 is 5.32 Å². The van der Waals surface area contributed by atoms with Crippen LogP contribution in [0, 0.1) is 5.92 Å². The Morgan fingerprint density at radius 2 is 2.06 bits per heavy atom. The molecule has 1 aromatic rings. The van der Waals surface area contributed by atoms with Crippen LogP contribution in [0.25, 0.3) is 0 Å². The first kappa shape index (κ1) is 11.8. The Balaban J connectivity index is 2.03. The van der Waals surface area contributed by atoms with Crippen molar-refractivity contribution in [2.24, 2.45) is 5.92 Å². The molecule has 16 heavy (non-hydrogen) atoms. The zero-order chi connectivity index (χ0) is 11.8. The molecule has 1 saturated carbocycles. The summed E-state index contributed by atoms with van der Waals surface area (Å²) in [4.78, 5) is 4.58. The second-order valence-corrected chi connectivity index (χ2v) is 6.58. The molecule has 0 bridgehead atoms. The molecule has 1 aliphatic rings. The summed E-state index contributed by atoms with van der Waals surface area (Å²) in [5.41, 5.74) is 0.0533. The van der Waals surface area contributed by atoms with Crippen molar-refractivity contribution in [3.8, 4) is 0 Å². The molecule has 1 aliphatic carbocycles. The van der Waals surface area contributed by atoms with Gasteiger partial charge in [-0.2, -0.15) is 4.37 Å². The molecule has 3 nitrogen and oxygen atoms in total. The summed E-state index contributed by atoms with van der Waals surface area (Å²) in [6.07, 6.45) is 3.94. The van der Waals surface area contributed by atoms with Gasteiger partial charge < -0.3 is 5.32 Å². The van der Waals surface area contributed by atoms with Crippen molar-refractivity contribution in [1.82, 2.24) is 9.36 Å². The van der Waals surface area contributed by atoms with Gasteiger partial charge in [-0.1, -0.05) is 34.1 Å². The molecule has 1 aromatic heterocycles. The number of hydrogen-bond donors (Lipinski definition) is 1. The zero-order valence-corrected chi connectivity index (χ0v) is 11.4. The predicted octanol–water partition coefficient (Wildman–Crippen LogP) is 3.44. The quantitative estimate of drug-likeness (QED) is 0.859. The van der Waals surface area contributed by atoms with Crippen LogP contribution in [0.3, 0.4) is 0 Å². The second kappa shape index (κ2) is 4.32. The van der Waals surface area contributed by atoms with Crippen molar-refractivity contribution < 1.29 is 0 Å². The molecule has 1 N–H and O–H groups in total. The van der Waals surface area contributed by atoms with Gasteiger partial charge in [-0.15, -0.1) is 0 Å². The summed E-state index contributed by atoms with van der Waals surface area (Å²) in [6.45, 7) is 8.77. The Morgan fingerprint density at radius 3 is 2.56 bits per heavy atom. The van der Waals surface area contributed by atoms with E-state index in [1.54, 1.807) is 0 Å². The Morgan fingerprint density at radius 1 is 1.31 bits per heavy atom. The van der Waals surface area contributed by atoms with E-state index in [2.05, 4.69) is 42.4 Å². The monoisotopic (exact) mass is 239 g/mol. The summed E-state index contributed by atoms with van der Waals surface area (Å²) < 4.78 is 4.42. The molecule has 2 rings (SSSR count). The number of rotatable bonds is 2. The van der Waals surface area contributed by atoms with Crippen molar-refractivity contribution >= 4 is 16.7 Å². The van der Waals surface area contributed by atoms with Gasteiger partial charge in [-0.25, -0.2) is 4.98 Å². The molecule has 0 aromatic carbocycles. The van der Waals surface area contributed by atoms with E-state index in [0.717, 1.165) is 16.9 Å². The number of hydrogen-bond acceptors (Lipinski definition) is 4. The molecule has 1 heterocycles. The van der Waals surface area contributed by atoms with Crippen LogP contribution in [0.1, 0.15) is 52.8 Å². The van der Waals surface area contributed by atoms with E-state index < -0.39 is 0 Å². The minimum atomic E-state index is 0.0533. The number of nitrogens with one attached hydrogen (secondary N) is 1. The molecule has 0 aliphatic heterocycles. The van der Waals surface area contributed by atoms with E-state index >= 15 is 0 Å². The van der Waals surface area contributed by atoms with E-state index in [1.807, 2.05) is 0 Å². The maximum absolute atomic E-state index is 4.58. The molecule has 0 saturated heterocycles. The Bertz CT molecular complexity index is 353. The average molecular weight is 239 g/mol. The molecular weight excluding hydrogens is 218 g/mol. The van der Waals surface area contributed by atoms with Crippen LogP contribution in [0.4, 0.5) is 5.13 Å². The van der Waals surface area contributed by atoms with Gasteiger partial charge in [-0.05, 0) is 18.8 Å². The largest absolute Gasteiger partial charge is 0.357 e. The smallest absolute Gasteiger partial charge is 0.202 e. The lowest BCUT2D eigenvalue weighted by molar-refractivity contribution is 0.547. The first-order valence-electron chi connectivity index (χ1n) is 6.07. The molecule has 0 amide bonds. The SMILES string of the molecule is CC1CCCC1Nc1nc(C(C)(C)C)ns1. The third kappa shape index (κ3) is 2.54. The molecular formula is C12H21N3S. The van der Waals surface area contributed by atoms with Crippen LogP contribution in [-0.2, 0) is 5.41 Å². The van der Waals surface area contributed by atoms with E-state index in [-0.39, 0.29) is 5.41 Å². The van der Waals surface area contributed by atoms with E-state index in [0.29, 0.717) is 6.04 Å². The first-order chi connectivity index (χ1) is 7.47. The van der Waals surface area contributed by atoms with Gasteiger partial charge in [0.15, 0.2) is 0 Å². The normalized spacial score (nSPS) is 26.0. The highest BCUT2D eigenvalue weighted by Crippen LogP contribution is 2.29. The van der Waals surface area contributed by atoms with Crippen molar-refractivity contribution in [2.45, 2.75) is 58.4 Å². The van der Waals surface area contributed by atoms with Crippen molar-refractivity contribution in [3.63, 3.8) is 0 Å². The van der Waals surface area contributed by atoms with Gasteiger partial charge in [0.05, 0.1) is 0 Å². The second-order valence-electron chi connectivity index (χ2n) is 5.83. The lowest BCUT2D eigenvalue weighted by atomic mass is 9.96. The average Bonchev–Trinajstić information content (AvgIpc) is 2.76. The van der Waals surface area contributed by atoms with E-state index in [4.69, 9.17) is 0 Å². The summed E-state index contributed by atoms with van der Waals surface area (Å²) in [5, 5.41) is 4.52. The molecule has 90 valence electrons. The fourth-order valence-electron chi connectivity index (χ4n) is 2.11. The van der Waals surface area contributed by atoms with Gasteiger partial charge in [0.2, 0.25) is 5.13 Å². The van der Waals surface area contributed by atoms with Gasteiger partial charge in [0.1, 0.15) is 5.82 Å². The molecule has 2 atom stereocenters. The van der Waals surface area contributed by atoms with E-state index in [1.165, 1.54) is 30.8 Å². The Kier molecular flexibility index (Phi) is 3.19. The zero-order valence-electron chi connectivity index (χ0n) is 10.6. The van der Waals surface area contributed by atoms with Crippen molar-refractivity contribution in [2.75, 3.05) is 5.32 Å². The Labute approximate surface area is 102 Å². The maximum Gasteiger partial charge on any atom is 0.202 e. The van der Waals surface area contributed by atoms with Crippen molar-refractivity contribution in [3.05, 3.63) is 5.82 Å². The van der Waals surface area contributed by atoms with Gasteiger partial charge in [-0.3, -0.25) is 0 Å². The fraction of sp³-hybridized carbons (Fsp3) is 0.833. The van der Waals surface area contributed by atoms with Crippen LogP contribution in [0.2, 0.25) is 0 Å². The fourth-order valence-corrected chi connectivity index (χ4v) is 2.92. The highest BCUT2D eigenvalue weighted by Gasteiger charge is 2.25. The summed E-state index contributed by atoms with van der Waals surface area (Å²) >= 11 is 1.49. The van der Waals surface area contributed by atoms with E-state index in [9.17, 15) is 0 Å². The molecule has 2 unspecified atom stereocenters. The molecule has 0 radical (unpaired) electrons. The Hall–Kier alpha value is -0.640. The summed E-state index contributed by atoms with van der Waals surface area (Å²) in [7, 11) is 0. The number of aromatic nitrogens is 2. The standard InChI is InChI=1S/C12H21N3S/c1-8-6-5-7-9(8)13-11-14-10(15-16-11)12(2,3)4/h8-9H,5-7H2,1-4H3,(H,13,14,15). The van der Waals surface area contributed by atoms with Crippen LogP contribution in [-0.4, -0.2) is 15.4 Å². The van der Waals surface area contributed by atoms with Gasteiger partial charge >= 0.3 is 0 Å². The highest BCUT2D eigenvalue weighted by molar-refractivity contribution is 7.09. The highest BCUT2D eigenvalue weighted by atomic mass is 32.1. The molecule has 0 spiro atoms. The van der Waals surface area contributed by atoms with Gasteiger partial charge in [0, 0.05) is 23.0 Å². The minimum Gasteiger partial charge on any atom is -0.357 e. The number of nitrogens with zero attached hydrogens (tertiary/aromatic N) is 2. The minimum absolute atomic E-state index is 0.0533. The topological polar surface area (TPSA) is 37.8 Å². The van der Waals surface area contributed by atoms with Crippen LogP contribution in [0.15, 0.2) is 0 Å². The summed E-state index contributed by atoms with van der Waals surface area (Å²) in [6, 6.07) is 0.598. The van der Waals surface area contributed by atoms with Crippen molar-refractivity contribution in [1.29, 1.82) is 0 Å². The molecule has 4 heteroatoms. The maximum atomic E-state index is 4.58. The molecule has 1 fully saturated rings. The van der Waals surface area contributed by atoms with Gasteiger partial charge in [0.25, 0.3) is 0 Å². The summed E-state index contributed by atoms with van der Waals surface area (Å²) in [5.74, 6) is 1.72. The number of anilines is 1. The van der Waals surface area contributed by atoms with Crippen LogP contribution in [0.5, 0.6) is 0 Å². The lowest BCUT2D eigenvalue weighted by Gasteiger charge is -2.16. The lowest BCUT2D eigenvalue weighted by Crippen LogP contribution is -2.22. The first-order valence-corrected chi connectivity index (χ1v) is 6.85. The van der Waals surface area contributed by atoms with Crippen LogP contribution >= 0.6 is 11.5 Å². The third-order valence-electron chi connectivity index (χ3n) is 3.27.